The Bertz CT molecular complexity index is 581. The average Bonchev–Trinajstić information content (AvgIpc) is 2.36. The normalized spacial score (nSPS) is 14.1. The summed E-state index contributed by atoms with van der Waals surface area (Å²) in [6.07, 6.45) is -0.382. The zero-order chi connectivity index (χ0) is 14.7. The van der Waals surface area contributed by atoms with E-state index in [-0.39, 0.29) is 5.92 Å². The van der Waals surface area contributed by atoms with Gasteiger partial charge in [0.15, 0.2) is 0 Å². The van der Waals surface area contributed by atoms with Crippen LogP contribution < -0.4 is 0 Å². The Morgan fingerprint density at radius 1 is 1.15 bits per heavy atom. The summed E-state index contributed by atoms with van der Waals surface area (Å²) >= 11 is 0. The maximum atomic E-state index is 13.1. The largest absolute Gasteiger partial charge is 0.387 e. The van der Waals surface area contributed by atoms with Crippen molar-refractivity contribution in [2.75, 3.05) is 0 Å². The lowest BCUT2D eigenvalue weighted by Gasteiger charge is -2.19. The topological polar surface area (TPSA) is 33.1 Å². The van der Waals surface area contributed by atoms with Gasteiger partial charge >= 0.3 is 0 Å². The van der Waals surface area contributed by atoms with E-state index < -0.39 is 17.7 Å². The van der Waals surface area contributed by atoms with Crippen molar-refractivity contribution < 1.29 is 13.9 Å². The van der Waals surface area contributed by atoms with Crippen LogP contribution in [0.4, 0.5) is 8.78 Å². The van der Waals surface area contributed by atoms with Gasteiger partial charge in [0.1, 0.15) is 11.6 Å². The molecular formula is C16H17F2NO. The summed E-state index contributed by atoms with van der Waals surface area (Å²) in [7, 11) is 0. The fraction of sp³-hybridized carbons (Fsp3) is 0.312. The zero-order valence-electron chi connectivity index (χ0n) is 11.5. The summed E-state index contributed by atoms with van der Waals surface area (Å²) in [4.78, 5) is 4.27. The van der Waals surface area contributed by atoms with Crippen LogP contribution in [-0.4, -0.2) is 10.1 Å². The van der Waals surface area contributed by atoms with Gasteiger partial charge in [0.2, 0.25) is 0 Å². The Morgan fingerprint density at radius 3 is 2.40 bits per heavy atom. The minimum Gasteiger partial charge on any atom is -0.387 e. The van der Waals surface area contributed by atoms with Crippen LogP contribution in [0.1, 0.15) is 30.0 Å². The van der Waals surface area contributed by atoms with Gasteiger partial charge < -0.3 is 5.11 Å². The lowest BCUT2D eigenvalue weighted by Crippen LogP contribution is -2.14. The van der Waals surface area contributed by atoms with E-state index >= 15 is 0 Å². The molecule has 0 saturated heterocycles. The highest BCUT2D eigenvalue weighted by Gasteiger charge is 2.18. The third kappa shape index (κ3) is 3.61. The number of halogens is 2. The van der Waals surface area contributed by atoms with E-state index in [0.29, 0.717) is 17.7 Å². The SMILES string of the molecule is Cc1cccc(C(O)[C@@H](C)Cc2cc(F)cc(F)c2)n1. The van der Waals surface area contributed by atoms with Crippen LogP contribution in [0.2, 0.25) is 0 Å². The fourth-order valence-corrected chi connectivity index (χ4v) is 2.23. The molecule has 1 N–H and O–H groups in total. The van der Waals surface area contributed by atoms with Gasteiger partial charge in [-0.15, -0.1) is 0 Å². The molecule has 0 radical (unpaired) electrons. The number of rotatable bonds is 4. The zero-order valence-corrected chi connectivity index (χ0v) is 11.5. The molecular weight excluding hydrogens is 260 g/mol. The molecule has 0 bridgehead atoms. The second-order valence-corrected chi connectivity index (χ2v) is 5.11. The molecule has 0 aliphatic carbocycles. The minimum atomic E-state index is -0.763. The number of aliphatic hydroxyl groups excluding tert-OH is 1. The molecule has 1 aromatic carbocycles. The summed E-state index contributed by atoms with van der Waals surface area (Å²) < 4.78 is 26.3. The van der Waals surface area contributed by atoms with Gasteiger partial charge in [-0.2, -0.15) is 0 Å². The second-order valence-electron chi connectivity index (χ2n) is 5.11. The van der Waals surface area contributed by atoms with Crippen LogP contribution in [-0.2, 0) is 6.42 Å². The first-order valence-electron chi connectivity index (χ1n) is 6.52. The van der Waals surface area contributed by atoms with Crippen molar-refractivity contribution in [2.45, 2.75) is 26.4 Å². The molecule has 2 atom stereocenters. The summed E-state index contributed by atoms with van der Waals surface area (Å²) in [5.74, 6) is -1.39. The maximum absolute atomic E-state index is 13.1. The van der Waals surface area contributed by atoms with Gasteiger partial charge in [0.25, 0.3) is 0 Å². The van der Waals surface area contributed by atoms with Crippen LogP contribution in [0, 0.1) is 24.5 Å². The Kier molecular flexibility index (Phi) is 4.45. The molecule has 0 aliphatic rings. The van der Waals surface area contributed by atoms with E-state index in [9.17, 15) is 13.9 Å². The molecule has 20 heavy (non-hydrogen) atoms. The van der Waals surface area contributed by atoms with Gasteiger partial charge in [-0.05, 0) is 49.1 Å². The quantitative estimate of drug-likeness (QED) is 0.926. The maximum Gasteiger partial charge on any atom is 0.126 e. The number of hydrogen-bond donors (Lipinski definition) is 1. The van der Waals surface area contributed by atoms with Crippen molar-refractivity contribution in [2.24, 2.45) is 5.92 Å². The van der Waals surface area contributed by atoms with E-state index in [0.717, 1.165) is 11.8 Å². The van der Waals surface area contributed by atoms with Crippen molar-refractivity contribution in [3.63, 3.8) is 0 Å². The number of nitrogens with zero attached hydrogens (tertiary/aromatic N) is 1. The lowest BCUT2D eigenvalue weighted by atomic mass is 9.93. The van der Waals surface area contributed by atoms with Crippen LogP contribution >= 0.6 is 0 Å². The molecule has 0 amide bonds. The highest BCUT2D eigenvalue weighted by atomic mass is 19.1. The van der Waals surface area contributed by atoms with Crippen molar-refractivity contribution in [1.29, 1.82) is 0 Å². The van der Waals surface area contributed by atoms with Crippen LogP contribution in [0.15, 0.2) is 36.4 Å². The molecule has 4 heteroatoms. The first kappa shape index (κ1) is 14.6. The van der Waals surface area contributed by atoms with Crippen LogP contribution in [0.3, 0.4) is 0 Å². The standard InChI is InChI=1S/C16H17F2NO/c1-10(6-12-7-13(17)9-14(18)8-12)16(20)15-5-3-4-11(2)19-15/h3-5,7-10,16,20H,6H2,1-2H3/t10-,16?/m0/s1. The summed E-state index contributed by atoms with van der Waals surface area (Å²) in [5, 5.41) is 10.3. The van der Waals surface area contributed by atoms with E-state index in [2.05, 4.69) is 4.98 Å². The molecule has 0 fully saturated rings. The Balaban J connectivity index is 2.13. The molecule has 2 rings (SSSR count). The first-order chi connectivity index (χ1) is 9.45. The summed E-state index contributed by atoms with van der Waals surface area (Å²) in [6.45, 7) is 3.68. The molecule has 1 aromatic heterocycles. The summed E-state index contributed by atoms with van der Waals surface area (Å²) in [5.41, 5.74) is 1.93. The smallest absolute Gasteiger partial charge is 0.126 e. The molecule has 0 aliphatic heterocycles. The predicted molar refractivity (Wildman–Crippen MR) is 73.2 cm³/mol. The Labute approximate surface area is 117 Å². The second kappa shape index (κ2) is 6.09. The van der Waals surface area contributed by atoms with Crippen molar-refractivity contribution in [3.05, 3.63) is 65.0 Å². The van der Waals surface area contributed by atoms with Gasteiger partial charge in [-0.25, -0.2) is 8.78 Å². The monoisotopic (exact) mass is 277 g/mol. The number of aromatic nitrogens is 1. The molecule has 0 spiro atoms. The number of aliphatic hydroxyl groups is 1. The molecule has 0 saturated carbocycles. The van der Waals surface area contributed by atoms with Crippen molar-refractivity contribution in [3.8, 4) is 0 Å². The van der Waals surface area contributed by atoms with E-state index in [1.165, 1.54) is 12.1 Å². The number of aryl methyl sites for hydroxylation is 1. The highest BCUT2D eigenvalue weighted by Crippen LogP contribution is 2.24. The number of pyridine rings is 1. The number of hydrogen-bond acceptors (Lipinski definition) is 2. The fourth-order valence-electron chi connectivity index (χ4n) is 2.23. The third-order valence-corrected chi connectivity index (χ3v) is 3.23. The molecule has 106 valence electrons. The third-order valence-electron chi connectivity index (χ3n) is 3.23. The predicted octanol–water partition coefficient (Wildman–Crippen LogP) is 3.58. The lowest BCUT2D eigenvalue weighted by molar-refractivity contribution is 0.113. The minimum absolute atomic E-state index is 0.189. The van der Waals surface area contributed by atoms with Gasteiger partial charge in [-0.1, -0.05) is 13.0 Å². The van der Waals surface area contributed by atoms with Gasteiger partial charge in [0.05, 0.1) is 11.8 Å². The number of benzene rings is 1. The average molecular weight is 277 g/mol. The van der Waals surface area contributed by atoms with Crippen molar-refractivity contribution in [1.82, 2.24) is 4.98 Å². The van der Waals surface area contributed by atoms with Gasteiger partial charge in [0, 0.05) is 11.8 Å². The van der Waals surface area contributed by atoms with Crippen LogP contribution in [0.5, 0.6) is 0 Å². The van der Waals surface area contributed by atoms with Gasteiger partial charge in [-0.3, -0.25) is 4.98 Å². The van der Waals surface area contributed by atoms with E-state index in [1.54, 1.807) is 6.07 Å². The molecule has 2 aromatic rings. The first-order valence-corrected chi connectivity index (χ1v) is 6.52. The molecule has 1 heterocycles. The Hall–Kier alpha value is -1.81. The summed E-state index contributed by atoms with van der Waals surface area (Å²) in [6, 6.07) is 8.84. The van der Waals surface area contributed by atoms with Crippen molar-refractivity contribution >= 4 is 0 Å². The van der Waals surface area contributed by atoms with E-state index in [4.69, 9.17) is 0 Å². The van der Waals surface area contributed by atoms with Crippen LogP contribution in [0.25, 0.3) is 0 Å². The molecule has 2 nitrogen and oxygen atoms in total. The van der Waals surface area contributed by atoms with E-state index in [1.807, 2.05) is 26.0 Å². The highest BCUT2D eigenvalue weighted by molar-refractivity contribution is 5.19. The molecule has 1 unspecified atom stereocenters. The Morgan fingerprint density at radius 2 is 1.80 bits per heavy atom.